The summed E-state index contributed by atoms with van der Waals surface area (Å²) in [5, 5.41) is 3.41. The number of nitrogens with two attached hydrogens (primary N) is 1. The zero-order chi connectivity index (χ0) is 14.7. The number of rotatable bonds is 4. The molecule has 0 saturated heterocycles. The number of nitrogen functional groups attached to an aromatic ring is 1. The van der Waals surface area contributed by atoms with E-state index in [1.165, 1.54) is 6.33 Å². The van der Waals surface area contributed by atoms with Crippen molar-refractivity contribution in [3.05, 3.63) is 39.6 Å². The third-order valence-corrected chi connectivity index (χ3v) is 3.68. The molecule has 0 aliphatic heterocycles. The van der Waals surface area contributed by atoms with E-state index in [4.69, 9.17) is 5.73 Å². The van der Waals surface area contributed by atoms with E-state index in [1.807, 2.05) is 0 Å². The lowest BCUT2D eigenvalue weighted by atomic mass is 10.1. The van der Waals surface area contributed by atoms with E-state index < -0.39 is 0 Å². The van der Waals surface area contributed by atoms with Crippen molar-refractivity contribution in [1.82, 2.24) is 9.97 Å². The van der Waals surface area contributed by atoms with Crippen LogP contribution in [0.15, 0.2) is 22.9 Å². The zero-order valence-corrected chi connectivity index (χ0v) is 13.6. The molecule has 3 N–H and O–H groups in total. The van der Waals surface area contributed by atoms with E-state index in [1.54, 1.807) is 0 Å². The van der Waals surface area contributed by atoms with E-state index >= 15 is 0 Å². The smallest absolute Gasteiger partial charge is 0.139 e. The molecule has 0 bridgehead atoms. The van der Waals surface area contributed by atoms with E-state index in [-0.39, 0.29) is 0 Å². The van der Waals surface area contributed by atoms with Crippen molar-refractivity contribution >= 4 is 33.3 Å². The Morgan fingerprint density at radius 1 is 1.20 bits per heavy atom. The van der Waals surface area contributed by atoms with Crippen LogP contribution in [0.5, 0.6) is 0 Å². The van der Waals surface area contributed by atoms with Gasteiger partial charge in [0.1, 0.15) is 18.0 Å². The number of nitrogens with zero attached hydrogens (tertiary/aromatic N) is 2. The molecule has 2 aromatic rings. The maximum absolute atomic E-state index is 5.96. The molecule has 106 valence electrons. The summed E-state index contributed by atoms with van der Waals surface area (Å²) >= 11 is 3.51. The molecule has 0 aliphatic carbocycles. The Morgan fingerprint density at radius 2 is 1.85 bits per heavy atom. The number of nitrogens with one attached hydrogen (secondary N) is 1. The van der Waals surface area contributed by atoms with Crippen molar-refractivity contribution in [3.63, 3.8) is 0 Å². The van der Waals surface area contributed by atoms with Crippen molar-refractivity contribution in [2.75, 3.05) is 11.1 Å². The molecule has 0 aliphatic rings. The molecule has 2 rings (SSSR count). The van der Waals surface area contributed by atoms with Gasteiger partial charge in [0.25, 0.3) is 0 Å². The van der Waals surface area contributed by atoms with Gasteiger partial charge in [0.05, 0.1) is 0 Å². The maximum Gasteiger partial charge on any atom is 0.139 e. The monoisotopic (exact) mass is 334 g/mol. The highest BCUT2D eigenvalue weighted by Gasteiger charge is 2.11. The number of benzene rings is 1. The van der Waals surface area contributed by atoms with Crippen LogP contribution in [-0.2, 0) is 6.42 Å². The summed E-state index contributed by atoms with van der Waals surface area (Å²) in [7, 11) is 0. The predicted molar refractivity (Wildman–Crippen MR) is 87.3 cm³/mol. The van der Waals surface area contributed by atoms with Gasteiger partial charge in [-0.1, -0.05) is 29.3 Å². The Morgan fingerprint density at radius 3 is 2.45 bits per heavy atom. The van der Waals surface area contributed by atoms with E-state index in [2.05, 4.69) is 64.1 Å². The fourth-order valence-electron chi connectivity index (χ4n) is 2.26. The molecule has 20 heavy (non-hydrogen) atoms. The first-order chi connectivity index (χ1) is 9.52. The molecule has 1 aromatic carbocycles. The lowest BCUT2D eigenvalue weighted by Crippen LogP contribution is -2.06. The summed E-state index contributed by atoms with van der Waals surface area (Å²) in [6, 6.07) is 4.17. The van der Waals surface area contributed by atoms with Gasteiger partial charge in [-0.3, -0.25) is 0 Å². The predicted octanol–water partition coefficient (Wildman–Crippen LogP) is 4.13. The highest BCUT2D eigenvalue weighted by Crippen LogP contribution is 2.29. The summed E-state index contributed by atoms with van der Waals surface area (Å²) in [6.45, 7) is 6.26. The summed E-state index contributed by atoms with van der Waals surface area (Å²) in [5.41, 5.74) is 10.3. The number of hydrogen-bond acceptors (Lipinski definition) is 4. The summed E-state index contributed by atoms with van der Waals surface area (Å²) in [6.07, 6.45) is 3.37. The summed E-state index contributed by atoms with van der Waals surface area (Å²) in [5.74, 6) is 1.35. The fourth-order valence-corrected chi connectivity index (χ4v) is 2.94. The van der Waals surface area contributed by atoms with Gasteiger partial charge in [-0.15, -0.1) is 0 Å². The number of anilines is 3. The number of hydrogen-bond donors (Lipinski definition) is 2. The first-order valence-electron chi connectivity index (χ1n) is 6.66. The second-order valence-corrected chi connectivity index (χ2v) is 5.79. The van der Waals surface area contributed by atoms with Crippen molar-refractivity contribution in [2.24, 2.45) is 0 Å². The van der Waals surface area contributed by atoms with Gasteiger partial charge in [-0.05, 0) is 43.5 Å². The van der Waals surface area contributed by atoms with Crippen molar-refractivity contribution in [2.45, 2.75) is 33.6 Å². The zero-order valence-electron chi connectivity index (χ0n) is 12.0. The topological polar surface area (TPSA) is 63.8 Å². The maximum atomic E-state index is 5.96. The third-order valence-electron chi connectivity index (χ3n) is 3.22. The van der Waals surface area contributed by atoms with E-state index in [0.717, 1.165) is 45.5 Å². The van der Waals surface area contributed by atoms with Gasteiger partial charge >= 0.3 is 0 Å². The molecule has 4 nitrogen and oxygen atoms in total. The second-order valence-electron chi connectivity index (χ2n) is 4.88. The minimum Gasteiger partial charge on any atom is -0.383 e. The van der Waals surface area contributed by atoms with E-state index in [0.29, 0.717) is 5.82 Å². The van der Waals surface area contributed by atoms with Gasteiger partial charge in [0.15, 0.2) is 0 Å². The van der Waals surface area contributed by atoms with Crippen molar-refractivity contribution in [1.29, 1.82) is 0 Å². The molecule has 0 fully saturated rings. The van der Waals surface area contributed by atoms with Crippen LogP contribution in [0.2, 0.25) is 0 Å². The molecular weight excluding hydrogens is 316 g/mol. The minimum absolute atomic E-state index is 0.553. The normalized spacial score (nSPS) is 10.6. The SMILES string of the molecule is CCCc1c(N)ncnc1Nc1c(C)cc(Br)cc1C. The lowest BCUT2D eigenvalue weighted by molar-refractivity contribution is 0.908. The molecule has 5 heteroatoms. The van der Waals surface area contributed by atoms with Gasteiger partial charge < -0.3 is 11.1 Å². The minimum atomic E-state index is 0.553. The summed E-state index contributed by atoms with van der Waals surface area (Å²) < 4.78 is 1.08. The largest absolute Gasteiger partial charge is 0.383 e. The van der Waals surface area contributed by atoms with Crippen LogP contribution in [0.1, 0.15) is 30.0 Å². The highest BCUT2D eigenvalue weighted by molar-refractivity contribution is 9.10. The van der Waals surface area contributed by atoms with Gasteiger partial charge in [0.2, 0.25) is 0 Å². The van der Waals surface area contributed by atoms with Gasteiger partial charge in [-0.2, -0.15) is 0 Å². The molecule has 0 unspecified atom stereocenters. The molecule has 0 radical (unpaired) electrons. The quantitative estimate of drug-likeness (QED) is 0.882. The van der Waals surface area contributed by atoms with Crippen LogP contribution >= 0.6 is 15.9 Å². The second kappa shape index (κ2) is 6.22. The molecule has 0 amide bonds. The van der Waals surface area contributed by atoms with Crippen LogP contribution in [-0.4, -0.2) is 9.97 Å². The molecule has 1 heterocycles. The van der Waals surface area contributed by atoms with Crippen molar-refractivity contribution < 1.29 is 0 Å². The number of aromatic nitrogens is 2. The standard InChI is InChI=1S/C15H19BrN4/c1-4-5-12-14(17)18-8-19-15(12)20-13-9(2)6-11(16)7-10(13)3/h6-8H,4-5H2,1-3H3,(H3,17,18,19,20). The van der Waals surface area contributed by atoms with E-state index in [9.17, 15) is 0 Å². The molecule has 0 atom stereocenters. The fraction of sp³-hybridized carbons (Fsp3) is 0.333. The summed E-state index contributed by atoms with van der Waals surface area (Å²) in [4.78, 5) is 8.42. The Kier molecular flexibility index (Phi) is 4.60. The first-order valence-corrected chi connectivity index (χ1v) is 7.45. The van der Waals surface area contributed by atoms with Gasteiger partial charge in [-0.25, -0.2) is 9.97 Å². The van der Waals surface area contributed by atoms with Crippen LogP contribution in [0, 0.1) is 13.8 Å². The molecular formula is C15H19BrN4. The molecule has 1 aromatic heterocycles. The Balaban J connectivity index is 2.43. The lowest BCUT2D eigenvalue weighted by Gasteiger charge is -2.16. The first kappa shape index (κ1) is 14.8. The van der Waals surface area contributed by atoms with Crippen molar-refractivity contribution in [3.8, 4) is 0 Å². The van der Waals surface area contributed by atoms with Gasteiger partial charge in [0, 0.05) is 15.7 Å². The average molecular weight is 335 g/mol. The number of halogens is 1. The Labute approximate surface area is 128 Å². The molecule has 0 saturated carbocycles. The van der Waals surface area contributed by atoms with Crippen LogP contribution in [0.4, 0.5) is 17.3 Å². The Bertz CT molecular complexity index is 602. The average Bonchev–Trinajstić information content (AvgIpc) is 2.37. The van der Waals surface area contributed by atoms with Crippen LogP contribution in [0.25, 0.3) is 0 Å². The highest BCUT2D eigenvalue weighted by atomic mass is 79.9. The van der Waals surface area contributed by atoms with Crippen LogP contribution < -0.4 is 11.1 Å². The molecule has 0 spiro atoms. The number of aryl methyl sites for hydroxylation is 2. The Hall–Kier alpha value is -1.62. The third kappa shape index (κ3) is 3.10. The van der Waals surface area contributed by atoms with Crippen LogP contribution in [0.3, 0.4) is 0 Å².